The van der Waals surface area contributed by atoms with E-state index in [2.05, 4.69) is 25.9 Å². The zero-order chi connectivity index (χ0) is 22.5. The summed E-state index contributed by atoms with van der Waals surface area (Å²) in [7, 11) is 1.65. The van der Waals surface area contributed by atoms with Gasteiger partial charge in [-0.3, -0.25) is 9.59 Å². The summed E-state index contributed by atoms with van der Waals surface area (Å²) < 4.78 is 7.57. The molecule has 1 aliphatic heterocycles. The number of piperazine rings is 1. The van der Waals surface area contributed by atoms with Gasteiger partial charge >= 0.3 is 0 Å². The normalized spacial score (nSPS) is 13.8. The Balaban J connectivity index is 1.33. The molecule has 0 aliphatic carbocycles. The van der Waals surface area contributed by atoms with Crippen LogP contribution in [0, 0.1) is 0 Å². The lowest BCUT2D eigenvalue weighted by Gasteiger charge is -2.36. The molecule has 7 nitrogen and oxygen atoms in total. The van der Waals surface area contributed by atoms with Crippen molar-refractivity contribution in [3.8, 4) is 17.0 Å². The average molecular weight is 497 g/mol. The second-order valence-corrected chi connectivity index (χ2v) is 8.52. The summed E-state index contributed by atoms with van der Waals surface area (Å²) >= 11 is 3.42. The van der Waals surface area contributed by atoms with E-state index in [4.69, 9.17) is 4.74 Å². The molecule has 2 heterocycles. The van der Waals surface area contributed by atoms with Gasteiger partial charge in [-0.25, -0.2) is 4.68 Å². The van der Waals surface area contributed by atoms with Gasteiger partial charge < -0.3 is 14.5 Å². The number of rotatable bonds is 6. The van der Waals surface area contributed by atoms with Crippen LogP contribution in [0.15, 0.2) is 69.9 Å². The van der Waals surface area contributed by atoms with Gasteiger partial charge in [0.25, 0.3) is 5.56 Å². The SMILES string of the molecule is COc1ccc(N2CCN(C(=O)CCn3nc(-c4ccc(Br)cc4)ccc3=O)CC2)cc1. The van der Waals surface area contributed by atoms with Gasteiger partial charge in [0.05, 0.1) is 19.3 Å². The molecule has 1 aromatic heterocycles. The molecule has 4 rings (SSSR count). The molecule has 8 heteroatoms. The molecule has 0 atom stereocenters. The lowest BCUT2D eigenvalue weighted by molar-refractivity contribution is -0.131. The number of carbonyl (C=O) groups is 1. The van der Waals surface area contributed by atoms with Crippen LogP contribution in [0.4, 0.5) is 5.69 Å². The predicted octanol–water partition coefficient (Wildman–Crippen LogP) is 3.42. The first-order valence-corrected chi connectivity index (χ1v) is 11.3. The molecular weight excluding hydrogens is 472 g/mol. The Morgan fingerprint density at radius 2 is 1.66 bits per heavy atom. The Kier molecular flexibility index (Phi) is 6.90. The minimum absolute atomic E-state index is 0.0436. The van der Waals surface area contributed by atoms with Crippen LogP contribution in [0.1, 0.15) is 6.42 Å². The number of carbonyl (C=O) groups excluding carboxylic acids is 1. The molecule has 0 bridgehead atoms. The van der Waals surface area contributed by atoms with Gasteiger partial charge in [-0.05, 0) is 42.5 Å². The maximum Gasteiger partial charge on any atom is 0.266 e. The molecular formula is C24H25BrN4O3. The van der Waals surface area contributed by atoms with Gasteiger partial charge in [-0.2, -0.15) is 5.10 Å². The Bertz CT molecular complexity index is 1120. The van der Waals surface area contributed by atoms with Crippen molar-refractivity contribution >= 4 is 27.5 Å². The van der Waals surface area contributed by atoms with Crippen LogP contribution in [0.5, 0.6) is 5.75 Å². The van der Waals surface area contributed by atoms with Crippen molar-refractivity contribution in [2.75, 3.05) is 38.2 Å². The summed E-state index contributed by atoms with van der Waals surface area (Å²) in [5, 5.41) is 4.45. The van der Waals surface area contributed by atoms with E-state index in [-0.39, 0.29) is 24.4 Å². The number of amides is 1. The highest BCUT2D eigenvalue weighted by Gasteiger charge is 2.21. The van der Waals surface area contributed by atoms with E-state index in [1.807, 2.05) is 53.4 Å². The molecule has 32 heavy (non-hydrogen) atoms. The van der Waals surface area contributed by atoms with E-state index in [1.165, 1.54) is 10.7 Å². The van der Waals surface area contributed by atoms with E-state index in [1.54, 1.807) is 13.2 Å². The van der Waals surface area contributed by atoms with Gasteiger partial charge in [0.1, 0.15) is 5.75 Å². The summed E-state index contributed by atoms with van der Waals surface area (Å²) in [5.74, 6) is 0.873. The fraction of sp³-hybridized carbons (Fsp3) is 0.292. The van der Waals surface area contributed by atoms with Crippen LogP contribution in [0.25, 0.3) is 11.3 Å². The van der Waals surface area contributed by atoms with Crippen LogP contribution in [0.2, 0.25) is 0 Å². The number of halogens is 1. The monoisotopic (exact) mass is 496 g/mol. The van der Waals surface area contributed by atoms with Crippen molar-refractivity contribution in [3.05, 3.63) is 75.5 Å². The van der Waals surface area contributed by atoms with Crippen LogP contribution < -0.4 is 15.2 Å². The van der Waals surface area contributed by atoms with E-state index in [9.17, 15) is 9.59 Å². The molecule has 0 spiro atoms. The first kappa shape index (κ1) is 22.1. The smallest absolute Gasteiger partial charge is 0.266 e. The molecule has 3 aromatic rings. The minimum atomic E-state index is -0.206. The average Bonchev–Trinajstić information content (AvgIpc) is 2.84. The lowest BCUT2D eigenvalue weighted by Crippen LogP contribution is -2.49. The predicted molar refractivity (Wildman–Crippen MR) is 128 cm³/mol. The number of benzene rings is 2. The van der Waals surface area contributed by atoms with Crippen molar-refractivity contribution in [2.45, 2.75) is 13.0 Å². The van der Waals surface area contributed by atoms with E-state index < -0.39 is 0 Å². The van der Waals surface area contributed by atoms with Crippen LogP contribution in [-0.4, -0.2) is 53.9 Å². The van der Waals surface area contributed by atoms with E-state index >= 15 is 0 Å². The topological polar surface area (TPSA) is 67.7 Å². The molecule has 166 valence electrons. The zero-order valence-electron chi connectivity index (χ0n) is 17.9. The maximum atomic E-state index is 12.7. The third-order valence-corrected chi connectivity index (χ3v) is 6.14. The number of nitrogens with zero attached hydrogens (tertiary/aromatic N) is 4. The van der Waals surface area contributed by atoms with Crippen molar-refractivity contribution in [1.82, 2.24) is 14.7 Å². The maximum absolute atomic E-state index is 12.7. The van der Waals surface area contributed by atoms with E-state index in [0.717, 1.165) is 34.6 Å². The number of methoxy groups -OCH3 is 1. The molecule has 0 saturated carbocycles. The summed E-state index contributed by atoms with van der Waals surface area (Å²) in [6.45, 7) is 3.13. The summed E-state index contributed by atoms with van der Waals surface area (Å²) in [4.78, 5) is 29.1. The van der Waals surface area contributed by atoms with Crippen molar-refractivity contribution in [1.29, 1.82) is 0 Å². The number of hydrogen-bond acceptors (Lipinski definition) is 5. The number of anilines is 1. The summed E-state index contributed by atoms with van der Waals surface area (Å²) in [5.41, 5.74) is 2.54. The van der Waals surface area contributed by atoms with Gasteiger partial charge in [-0.1, -0.05) is 28.1 Å². The van der Waals surface area contributed by atoms with Gasteiger partial charge in [-0.15, -0.1) is 0 Å². The second kappa shape index (κ2) is 9.99. The van der Waals surface area contributed by atoms with Crippen LogP contribution in [-0.2, 0) is 11.3 Å². The van der Waals surface area contributed by atoms with Crippen LogP contribution in [0.3, 0.4) is 0 Å². The fourth-order valence-electron chi connectivity index (χ4n) is 3.75. The Morgan fingerprint density at radius 1 is 0.969 bits per heavy atom. The lowest BCUT2D eigenvalue weighted by atomic mass is 10.1. The quantitative estimate of drug-likeness (QED) is 0.522. The largest absolute Gasteiger partial charge is 0.497 e. The first-order chi connectivity index (χ1) is 15.5. The van der Waals surface area contributed by atoms with Crippen molar-refractivity contribution in [2.24, 2.45) is 0 Å². The molecule has 1 saturated heterocycles. The van der Waals surface area contributed by atoms with Crippen LogP contribution >= 0.6 is 15.9 Å². The summed E-state index contributed by atoms with van der Waals surface area (Å²) in [6, 6.07) is 18.9. The third kappa shape index (κ3) is 5.19. The first-order valence-electron chi connectivity index (χ1n) is 10.5. The second-order valence-electron chi connectivity index (χ2n) is 7.60. The number of aromatic nitrogens is 2. The molecule has 0 unspecified atom stereocenters. The van der Waals surface area contributed by atoms with E-state index in [0.29, 0.717) is 18.8 Å². The van der Waals surface area contributed by atoms with Gasteiger partial charge in [0, 0.05) is 54.4 Å². The minimum Gasteiger partial charge on any atom is -0.497 e. The third-order valence-electron chi connectivity index (χ3n) is 5.61. The molecule has 0 radical (unpaired) electrons. The molecule has 1 aliphatic rings. The zero-order valence-corrected chi connectivity index (χ0v) is 19.5. The highest BCUT2D eigenvalue weighted by Crippen LogP contribution is 2.21. The number of hydrogen-bond donors (Lipinski definition) is 0. The van der Waals surface area contributed by atoms with Crippen molar-refractivity contribution in [3.63, 3.8) is 0 Å². The number of ether oxygens (including phenoxy) is 1. The van der Waals surface area contributed by atoms with Gasteiger partial charge in [0.15, 0.2) is 0 Å². The Morgan fingerprint density at radius 3 is 2.31 bits per heavy atom. The summed E-state index contributed by atoms with van der Waals surface area (Å²) in [6.07, 6.45) is 0.249. The Hall–Kier alpha value is -3.13. The standard InChI is InChI=1S/C24H25BrN4O3/c1-32-21-8-6-20(7-9-21)27-14-16-28(17-15-27)23(30)12-13-29-24(31)11-10-22(26-29)18-2-4-19(25)5-3-18/h2-11H,12-17H2,1H3. The Labute approximate surface area is 195 Å². The molecule has 0 N–H and O–H groups in total. The molecule has 1 fully saturated rings. The fourth-order valence-corrected chi connectivity index (χ4v) is 4.01. The van der Waals surface area contributed by atoms with Crippen molar-refractivity contribution < 1.29 is 9.53 Å². The highest BCUT2D eigenvalue weighted by atomic mass is 79.9. The molecule has 1 amide bonds. The highest BCUT2D eigenvalue weighted by molar-refractivity contribution is 9.10. The van der Waals surface area contributed by atoms with Gasteiger partial charge in [0.2, 0.25) is 5.91 Å². The molecule has 2 aromatic carbocycles. The number of aryl methyl sites for hydroxylation is 1.